The van der Waals surface area contributed by atoms with E-state index in [1.807, 2.05) is 45.5 Å². The highest BCUT2D eigenvalue weighted by molar-refractivity contribution is 7.11. The summed E-state index contributed by atoms with van der Waals surface area (Å²) < 4.78 is 0. The van der Waals surface area contributed by atoms with E-state index in [0.717, 1.165) is 24.2 Å². The van der Waals surface area contributed by atoms with Gasteiger partial charge in [-0.3, -0.25) is 19.3 Å². The molecule has 3 amide bonds. The number of benzene rings is 2. The fraction of sp³-hybridized carbons (Fsp3) is 0.280. The van der Waals surface area contributed by atoms with Crippen molar-refractivity contribution in [3.8, 4) is 11.1 Å². The molecule has 0 spiro atoms. The number of amides is 3. The van der Waals surface area contributed by atoms with Crippen molar-refractivity contribution >= 4 is 29.1 Å². The maximum atomic E-state index is 12.9. The number of carbonyl (C=O) groups is 3. The lowest BCUT2D eigenvalue weighted by atomic mass is 10.00. The molecule has 2 fully saturated rings. The van der Waals surface area contributed by atoms with Crippen LogP contribution in [0, 0.1) is 0 Å². The first kappa shape index (κ1) is 22.2. The number of rotatable bonds is 5. The number of hydrogen-bond donors (Lipinski definition) is 1. The molecule has 0 saturated carbocycles. The highest BCUT2D eigenvalue weighted by Crippen LogP contribution is 2.24. The molecule has 2 aliphatic rings. The molecule has 1 aromatic heterocycles. The molecular weight excluding hydrogens is 450 g/mol. The molecule has 3 heterocycles. The molecule has 8 nitrogen and oxygen atoms in total. The number of aromatic nitrogens is 1. The van der Waals surface area contributed by atoms with Crippen LogP contribution >= 0.6 is 11.3 Å². The van der Waals surface area contributed by atoms with E-state index in [1.54, 1.807) is 24.4 Å². The molecule has 34 heavy (non-hydrogen) atoms. The van der Waals surface area contributed by atoms with Gasteiger partial charge < -0.3 is 15.5 Å². The van der Waals surface area contributed by atoms with Gasteiger partial charge in [-0.1, -0.05) is 24.3 Å². The fourth-order valence-electron chi connectivity index (χ4n) is 4.45. The molecule has 2 saturated heterocycles. The molecule has 2 aromatic carbocycles. The molecular formula is C25H25N5O3S. The van der Waals surface area contributed by atoms with E-state index in [-0.39, 0.29) is 11.8 Å². The summed E-state index contributed by atoms with van der Waals surface area (Å²) in [5, 5.41) is 2.36. The minimum Gasteiger partial charge on any atom is -0.366 e. The van der Waals surface area contributed by atoms with Crippen molar-refractivity contribution in [2.45, 2.75) is 6.04 Å². The van der Waals surface area contributed by atoms with E-state index in [1.165, 1.54) is 11.3 Å². The number of nitrogens with zero attached hydrogens (tertiary/aromatic N) is 4. The van der Waals surface area contributed by atoms with Gasteiger partial charge in [0.15, 0.2) is 5.01 Å². The average Bonchev–Trinajstić information content (AvgIpc) is 3.38. The Labute approximate surface area is 201 Å². The van der Waals surface area contributed by atoms with Crippen LogP contribution < -0.4 is 5.73 Å². The number of likely N-dealkylation sites (tertiary alicyclic amines) is 1. The van der Waals surface area contributed by atoms with Crippen molar-refractivity contribution in [2.75, 3.05) is 39.3 Å². The summed E-state index contributed by atoms with van der Waals surface area (Å²) in [5.74, 6) is -0.440. The van der Waals surface area contributed by atoms with Crippen molar-refractivity contribution in [3.63, 3.8) is 0 Å². The zero-order chi connectivity index (χ0) is 23.7. The van der Waals surface area contributed by atoms with E-state index in [9.17, 15) is 14.4 Å². The quantitative estimate of drug-likeness (QED) is 0.610. The van der Waals surface area contributed by atoms with Crippen LogP contribution in [0.3, 0.4) is 0 Å². The molecule has 2 N–H and O–H groups in total. The largest absolute Gasteiger partial charge is 0.366 e. The Morgan fingerprint density at radius 3 is 2.24 bits per heavy atom. The van der Waals surface area contributed by atoms with Gasteiger partial charge in [-0.05, 0) is 35.4 Å². The van der Waals surface area contributed by atoms with E-state index in [4.69, 9.17) is 5.73 Å². The summed E-state index contributed by atoms with van der Waals surface area (Å²) in [6.07, 6.45) is 1.66. The monoisotopic (exact) mass is 475 g/mol. The van der Waals surface area contributed by atoms with E-state index >= 15 is 0 Å². The molecule has 0 unspecified atom stereocenters. The van der Waals surface area contributed by atoms with Crippen molar-refractivity contribution in [1.29, 1.82) is 0 Å². The van der Waals surface area contributed by atoms with Gasteiger partial charge in [0.05, 0.1) is 0 Å². The van der Waals surface area contributed by atoms with Crippen molar-refractivity contribution < 1.29 is 14.4 Å². The molecule has 0 radical (unpaired) electrons. The second kappa shape index (κ2) is 9.36. The molecule has 5 rings (SSSR count). The summed E-state index contributed by atoms with van der Waals surface area (Å²) in [6, 6.07) is 14.9. The Balaban J connectivity index is 1.13. The lowest BCUT2D eigenvalue weighted by Gasteiger charge is -2.48. The third-order valence-electron chi connectivity index (χ3n) is 6.49. The third-order valence-corrected chi connectivity index (χ3v) is 7.26. The van der Waals surface area contributed by atoms with Crippen molar-refractivity contribution in [2.24, 2.45) is 5.73 Å². The van der Waals surface area contributed by atoms with Gasteiger partial charge in [0.1, 0.15) is 0 Å². The lowest BCUT2D eigenvalue weighted by Crippen LogP contribution is -2.64. The molecule has 3 aromatic rings. The second-order valence-electron chi connectivity index (χ2n) is 8.55. The van der Waals surface area contributed by atoms with Crippen molar-refractivity contribution in [1.82, 2.24) is 19.7 Å². The van der Waals surface area contributed by atoms with Gasteiger partial charge in [0.2, 0.25) is 5.91 Å². The highest BCUT2D eigenvalue weighted by atomic mass is 32.1. The SMILES string of the molecule is NC(=O)c1cccc(-c2ccc(C(=O)N3CC(N4CCN(C(=O)c5nccs5)CC4)C3)cc2)c1. The van der Waals surface area contributed by atoms with Gasteiger partial charge in [-0.15, -0.1) is 11.3 Å². The number of primary amides is 1. The van der Waals surface area contributed by atoms with E-state index in [0.29, 0.717) is 48.4 Å². The van der Waals surface area contributed by atoms with Gasteiger partial charge in [-0.25, -0.2) is 4.98 Å². The smallest absolute Gasteiger partial charge is 0.282 e. The average molecular weight is 476 g/mol. The van der Waals surface area contributed by atoms with Crippen LogP contribution in [0.25, 0.3) is 11.1 Å². The Morgan fingerprint density at radius 2 is 1.59 bits per heavy atom. The minimum atomic E-state index is -0.464. The number of carbonyl (C=O) groups excluding carboxylic acids is 3. The number of nitrogens with two attached hydrogens (primary N) is 1. The Bertz CT molecular complexity index is 1200. The number of thiazole rings is 1. The highest BCUT2D eigenvalue weighted by Gasteiger charge is 2.37. The second-order valence-corrected chi connectivity index (χ2v) is 9.45. The topological polar surface area (TPSA) is 99.8 Å². The number of piperazine rings is 1. The van der Waals surface area contributed by atoms with Gasteiger partial charge in [0, 0.05) is 68.0 Å². The first-order valence-corrected chi connectivity index (χ1v) is 12.1. The van der Waals surface area contributed by atoms with Crippen LogP contribution in [-0.2, 0) is 0 Å². The molecule has 0 atom stereocenters. The van der Waals surface area contributed by atoms with Crippen LogP contribution in [0.2, 0.25) is 0 Å². The standard InChI is InChI=1S/C25H25N5O3S/c26-22(31)20-3-1-2-19(14-20)17-4-6-18(7-5-17)24(32)30-15-21(16-30)28-9-11-29(12-10-28)25(33)23-27-8-13-34-23/h1-8,13-14,21H,9-12,15-16H2,(H2,26,31). The Morgan fingerprint density at radius 1 is 0.853 bits per heavy atom. The molecule has 2 aliphatic heterocycles. The van der Waals surface area contributed by atoms with Crippen LogP contribution in [-0.4, -0.2) is 82.7 Å². The van der Waals surface area contributed by atoms with Crippen LogP contribution in [0.5, 0.6) is 0 Å². The summed E-state index contributed by atoms with van der Waals surface area (Å²) in [7, 11) is 0. The summed E-state index contributed by atoms with van der Waals surface area (Å²) in [5.41, 5.74) is 8.28. The summed E-state index contributed by atoms with van der Waals surface area (Å²) >= 11 is 1.37. The summed E-state index contributed by atoms with van der Waals surface area (Å²) in [4.78, 5) is 47.0. The van der Waals surface area contributed by atoms with Gasteiger partial charge >= 0.3 is 0 Å². The lowest BCUT2D eigenvalue weighted by molar-refractivity contribution is 0.00853. The zero-order valence-electron chi connectivity index (χ0n) is 18.6. The molecule has 174 valence electrons. The molecule has 9 heteroatoms. The molecule has 0 aliphatic carbocycles. The van der Waals surface area contributed by atoms with Gasteiger partial charge in [-0.2, -0.15) is 0 Å². The van der Waals surface area contributed by atoms with Crippen LogP contribution in [0.15, 0.2) is 60.1 Å². The maximum Gasteiger partial charge on any atom is 0.282 e. The van der Waals surface area contributed by atoms with Gasteiger partial charge in [0.25, 0.3) is 11.8 Å². The summed E-state index contributed by atoms with van der Waals surface area (Å²) in [6.45, 7) is 4.37. The number of hydrogen-bond acceptors (Lipinski definition) is 6. The predicted molar refractivity (Wildman–Crippen MR) is 130 cm³/mol. The zero-order valence-corrected chi connectivity index (χ0v) is 19.4. The maximum absolute atomic E-state index is 12.9. The van der Waals surface area contributed by atoms with Crippen LogP contribution in [0.4, 0.5) is 0 Å². The third kappa shape index (κ3) is 4.44. The normalized spacial score (nSPS) is 16.8. The Hall–Kier alpha value is -3.56. The van der Waals surface area contributed by atoms with E-state index in [2.05, 4.69) is 9.88 Å². The molecule has 0 bridgehead atoms. The first-order chi connectivity index (χ1) is 16.5. The van der Waals surface area contributed by atoms with Crippen molar-refractivity contribution in [3.05, 3.63) is 76.2 Å². The fourth-order valence-corrected chi connectivity index (χ4v) is 5.05. The minimum absolute atomic E-state index is 0.00450. The first-order valence-electron chi connectivity index (χ1n) is 11.2. The van der Waals surface area contributed by atoms with E-state index < -0.39 is 5.91 Å². The Kier molecular flexibility index (Phi) is 6.12. The van der Waals surface area contributed by atoms with Crippen LogP contribution in [0.1, 0.15) is 30.5 Å². The predicted octanol–water partition coefficient (Wildman–Crippen LogP) is 2.19.